The summed E-state index contributed by atoms with van der Waals surface area (Å²) in [4.78, 5) is 2.57. The zero-order valence-electron chi connectivity index (χ0n) is 15.0. The predicted octanol–water partition coefficient (Wildman–Crippen LogP) is 3.13. The Morgan fingerprint density at radius 2 is 2.00 bits per heavy atom. The Morgan fingerprint density at radius 1 is 1.21 bits per heavy atom. The molecule has 1 spiro atoms. The molecule has 3 heterocycles. The molecule has 2 saturated heterocycles. The van der Waals surface area contributed by atoms with Crippen LogP contribution in [0.15, 0.2) is 24.3 Å². The van der Waals surface area contributed by atoms with Crippen molar-refractivity contribution in [1.29, 1.82) is 0 Å². The van der Waals surface area contributed by atoms with E-state index < -0.39 is 0 Å². The first-order chi connectivity index (χ1) is 11.7. The number of para-hydroxylation sites is 1. The van der Waals surface area contributed by atoms with Crippen LogP contribution in [-0.2, 0) is 4.74 Å². The highest BCUT2D eigenvalue weighted by Crippen LogP contribution is 2.44. The van der Waals surface area contributed by atoms with Gasteiger partial charge in [0.15, 0.2) is 0 Å². The van der Waals surface area contributed by atoms with Crippen LogP contribution in [0.25, 0.3) is 0 Å². The lowest BCUT2D eigenvalue weighted by molar-refractivity contribution is -0.0323. The van der Waals surface area contributed by atoms with Crippen molar-refractivity contribution in [1.82, 2.24) is 10.2 Å². The monoisotopic (exact) mass is 330 g/mol. The molecule has 0 bridgehead atoms. The molecule has 0 aromatic heterocycles. The molecule has 0 amide bonds. The van der Waals surface area contributed by atoms with Crippen molar-refractivity contribution < 1.29 is 9.47 Å². The van der Waals surface area contributed by atoms with Crippen LogP contribution in [0.3, 0.4) is 0 Å². The van der Waals surface area contributed by atoms with Gasteiger partial charge in [0.05, 0.1) is 6.61 Å². The summed E-state index contributed by atoms with van der Waals surface area (Å²) in [5.41, 5.74) is 1.32. The summed E-state index contributed by atoms with van der Waals surface area (Å²) < 4.78 is 12.1. The van der Waals surface area contributed by atoms with E-state index in [1.807, 2.05) is 0 Å². The second-order valence-corrected chi connectivity index (χ2v) is 7.94. The van der Waals surface area contributed by atoms with Crippen molar-refractivity contribution in [2.24, 2.45) is 0 Å². The summed E-state index contributed by atoms with van der Waals surface area (Å²) in [5, 5.41) is 3.86. The fourth-order valence-corrected chi connectivity index (χ4v) is 4.47. The minimum Gasteiger partial charge on any atom is -0.487 e. The van der Waals surface area contributed by atoms with Gasteiger partial charge in [-0.05, 0) is 39.2 Å². The highest BCUT2D eigenvalue weighted by Gasteiger charge is 2.44. The molecule has 3 aliphatic heterocycles. The molecule has 4 nitrogen and oxygen atoms in total. The van der Waals surface area contributed by atoms with Gasteiger partial charge in [0, 0.05) is 49.8 Å². The maximum atomic E-state index is 6.59. The number of nitrogens with zero attached hydrogens (tertiary/aromatic N) is 1. The van der Waals surface area contributed by atoms with Crippen molar-refractivity contribution in [3.63, 3.8) is 0 Å². The zero-order valence-corrected chi connectivity index (χ0v) is 15.0. The molecule has 1 N–H and O–H groups in total. The largest absolute Gasteiger partial charge is 0.487 e. The summed E-state index contributed by atoms with van der Waals surface area (Å²) in [7, 11) is 0. The van der Waals surface area contributed by atoms with Crippen LogP contribution < -0.4 is 10.1 Å². The number of ether oxygens (including phenoxy) is 2. The standard InChI is InChI=1S/C20H30N2O2/c1-15(2)22-10-8-20(9-11-22)13-18(21-16-7-12-23-14-16)17-5-3-4-6-19(17)24-20/h3-6,15-16,18,21H,7-14H2,1-2H3/t16-,18+/m0/s1. The van der Waals surface area contributed by atoms with E-state index in [9.17, 15) is 0 Å². The maximum Gasteiger partial charge on any atom is 0.124 e. The van der Waals surface area contributed by atoms with Crippen LogP contribution in [0.4, 0.5) is 0 Å². The maximum absolute atomic E-state index is 6.59. The SMILES string of the molecule is CC(C)N1CCC2(CC1)C[C@@H](N[C@H]1CCOC1)c1ccccc1O2. The van der Waals surface area contributed by atoms with Crippen molar-refractivity contribution >= 4 is 0 Å². The van der Waals surface area contributed by atoms with Gasteiger partial charge in [0.1, 0.15) is 11.4 Å². The van der Waals surface area contributed by atoms with Crippen LogP contribution in [0, 0.1) is 0 Å². The molecule has 132 valence electrons. The lowest BCUT2D eigenvalue weighted by Crippen LogP contribution is -2.53. The smallest absolute Gasteiger partial charge is 0.124 e. The molecular weight excluding hydrogens is 300 g/mol. The van der Waals surface area contributed by atoms with Crippen LogP contribution in [0.2, 0.25) is 0 Å². The summed E-state index contributed by atoms with van der Waals surface area (Å²) in [6.45, 7) is 8.59. The van der Waals surface area contributed by atoms with E-state index in [4.69, 9.17) is 9.47 Å². The van der Waals surface area contributed by atoms with Gasteiger partial charge in [-0.25, -0.2) is 0 Å². The van der Waals surface area contributed by atoms with E-state index in [0.717, 1.165) is 57.7 Å². The Bertz CT molecular complexity index is 561. The highest BCUT2D eigenvalue weighted by atomic mass is 16.5. The van der Waals surface area contributed by atoms with Gasteiger partial charge in [-0.1, -0.05) is 18.2 Å². The Kier molecular flexibility index (Phi) is 4.54. The van der Waals surface area contributed by atoms with Crippen LogP contribution in [-0.4, -0.2) is 48.9 Å². The summed E-state index contributed by atoms with van der Waals surface area (Å²) in [6, 6.07) is 10.1. The summed E-state index contributed by atoms with van der Waals surface area (Å²) in [6.07, 6.45) is 4.44. The van der Waals surface area contributed by atoms with Crippen molar-refractivity contribution in [3.8, 4) is 5.75 Å². The first-order valence-electron chi connectivity index (χ1n) is 9.51. The number of rotatable bonds is 3. The molecule has 3 aliphatic rings. The fraction of sp³-hybridized carbons (Fsp3) is 0.700. The molecule has 2 atom stereocenters. The Morgan fingerprint density at radius 3 is 2.71 bits per heavy atom. The van der Waals surface area contributed by atoms with Gasteiger partial charge < -0.3 is 19.7 Å². The Balaban J connectivity index is 1.54. The Labute approximate surface area is 145 Å². The lowest BCUT2D eigenvalue weighted by Gasteiger charge is -2.48. The molecule has 0 aliphatic carbocycles. The number of nitrogens with one attached hydrogen (secondary N) is 1. The summed E-state index contributed by atoms with van der Waals surface area (Å²) >= 11 is 0. The van der Waals surface area contributed by atoms with E-state index in [1.165, 1.54) is 5.56 Å². The van der Waals surface area contributed by atoms with Gasteiger partial charge in [0.2, 0.25) is 0 Å². The molecule has 0 radical (unpaired) electrons. The first kappa shape index (κ1) is 16.4. The molecule has 4 rings (SSSR count). The van der Waals surface area contributed by atoms with Gasteiger partial charge in [-0.3, -0.25) is 0 Å². The van der Waals surface area contributed by atoms with Crippen LogP contribution >= 0.6 is 0 Å². The number of benzene rings is 1. The van der Waals surface area contributed by atoms with E-state index in [2.05, 4.69) is 48.3 Å². The molecule has 1 aromatic carbocycles. The normalized spacial score (nSPS) is 29.6. The second kappa shape index (κ2) is 6.66. The molecule has 24 heavy (non-hydrogen) atoms. The number of hydrogen-bond acceptors (Lipinski definition) is 4. The topological polar surface area (TPSA) is 33.7 Å². The lowest BCUT2D eigenvalue weighted by atomic mass is 9.80. The highest BCUT2D eigenvalue weighted by molar-refractivity contribution is 5.39. The van der Waals surface area contributed by atoms with Gasteiger partial charge in [-0.2, -0.15) is 0 Å². The molecule has 2 fully saturated rings. The predicted molar refractivity (Wildman–Crippen MR) is 95.5 cm³/mol. The fourth-order valence-electron chi connectivity index (χ4n) is 4.47. The van der Waals surface area contributed by atoms with Gasteiger partial charge >= 0.3 is 0 Å². The van der Waals surface area contributed by atoms with Crippen LogP contribution in [0.1, 0.15) is 51.1 Å². The average Bonchev–Trinajstić information content (AvgIpc) is 3.08. The van der Waals surface area contributed by atoms with E-state index >= 15 is 0 Å². The third-order valence-electron chi connectivity index (χ3n) is 6.00. The minimum atomic E-state index is -0.00310. The molecule has 4 heteroatoms. The van der Waals surface area contributed by atoms with Crippen molar-refractivity contribution in [2.75, 3.05) is 26.3 Å². The average molecular weight is 330 g/mol. The quantitative estimate of drug-likeness (QED) is 0.923. The molecule has 0 saturated carbocycles. The Hall–Kier alpha value is -1.10. The van der Waals surface area contributed by atoms with Crippen LogP contribution in [0.5, 0.6) is 5.75 Å². The number of piperidine rings is 1. The van der Waals surface area contributed by atoms with E-state index in [0.29, 0.717) is 18.1 Å². The zero-order chi connectivity index (χ0) is 16.6. The van der Waals surface area contributed by atoms with Gasteiger partial charge in [-0.15, -0.1) is 0 Å². The molecule has 1 aromatic rings. The number of hydrogen-bond donors (Lipinski definition) is 1. The number of fused-ring (bicyclic) bond motifs is 1. The van der Waals surface area contributed by atoms with E-state index in [-0.39, 0.29) is 5.60 Å². The molecular formula is C20H30N2O2. The molecule has 0 unspecified atom stereocenters. The first-order valence-corrected chi connectivity index (χ1v) is 9.51. The third-order valence-corrected chi connectivity index (χ3v) is 6.00. The minimum absolute atomic E-state index is 0.00310. The second-order valence-electron chi connectivity index (χ2n) is 7.94. The van der Waals surface area contributed by atoms with Crippen molar-refractivity contribution in [3.05, 3.63) is 29.8 Å². The summed E-state index contributed by atoms with van der Waals surface area (Å²) in [5.74, 6) is 1.08. The number of likely N-dealkylation sites (tertiary alicyclic amines) is 1. The third kappa shape index (κ3) is 3.19. The van der Waals surface area contributed by atoms with Gasteiger partial charge in [0.25, 0.3) is 0 Å². The van der Waals surface area contributed by atoms with E-state index in [1.54, 1.807) is 0 Å². The van der Waals surface area contributed by atoms with Crippen molar-refractivity contribution in [2.45, 2.75) is 63.3 Å².